The summed E-state index contributed by atoms with van der Waals surface area (Å²) in [4.78, 5) is 14.0. The van der Waals surface area contributed by atoms with Crippen LogP contribution in [0.25, 0.3) is 22.3 Å². The molecule has 0 bridgehead atoms. The van der Waals surface area contributed by atoms with Gasteiger partial charge in [-0.15, -0.1) is 11.3 Å². The van der Waals surface area contributed by atoms with Crippen LogP contribution in [0.5, 0.6) is 0 Å². The first-order valence-electron chi connectivity index (χ1n) is 5.31. The number of thiazole rings is 1. The zero-order valence-corrected chi connectivity index (χ0v) is 10.5. The Bertz CT molecular complexity index is 653. The van der Waals surface area contributed by atoms with Gasteiger partial charge in [0.2, 0.25) is 0 Å². The van der Waals surface area contributed by atoms with Crippen molar-refractivity contribution in [1.29, 1.82) is 0 Å². The van der Waals surface area contributed by atoms with Crippen LogP contribution in [0.2, 0.25) is 0 Å². The number of hydrogen-bond donors (Lipinski definition) is 1. The summed E-state index contributed by atoms with van der Waals surface area (Å²) < 4.78 is 0. The third-order valence-corrected chi connectivity index (χ3v) is 3.62. The van der Waals surface area contributed by atoms with Gasteiger partial charge in [-0.25, -0.2) is 9.97 Å². The fraction of sp³-hybridized carbons (Fsp3) is 0.167. The molecule has 0 radical (unpaired) electrons. The standard InChI is InChI=1S/C12H12N4S/c1-16(2)12-15-10(7-17-12)8-3-5-13-11-9(8)4-6-14-11/h3-7H,1-2H3,(H,13,14). The number of aromatic amines is 1. The van der Waals surface area contributed by atoms with Gasteiger partial charge in [0.1, 0.15) is 5.65 Å². The van der Waals surface area contributed by atoms with Crippen molar-refractivity contribution in [3.63, 3.8) is 0 Å². The van der Waals surface area contributed by atoms with Gasteiger partial charge in [0.15, 0.2) is 5.13 Å². The summed E-state index contributed by atoms with van der Waals surface area (Å²) >= 11 is 1.65. The van der Waals surface area contributed by atoms with Gasteiger partial charge >= 0.3 is 0 Å². The fourth-order valence-corrected chi connectivity index (χ4v) is 2.54. The molecular formula is C12H12N4S. The fourth-order valence-electron chi connectivity index (χ4n) is 1.78. The number of nitrogens with zero attached hydrogens (tertiary/aromatic N) is 3. The Morgan fingerprint density at radius 1 is 1.29 bits per heavy atom. The van der Waals surface area contributed by atoms with Crippen LogP contribution in [0.15, 0.2) is 29.9 Å². The molecule has 0 aliphatic rings. The molecule has 0 saturated heterocycles. The smallest absolute Gasteiger partial charge is 0.185 e. The van der Waals surface area contributed by atoms with Gasteiger partial charge in [-0.05, 0) is 12.1 Å². The molecule has 0 fully saturated rings. The number of pyridine rings is 1. The number of anilines is 1. The molecule has 17 heavy (non-hydrogen) atoms. The number of hydrogen-bond acceptors (Lipinski definition) is 4. The highest BCUT2D eigenvalue weighted by atomic mass is 32.1. The molecule has 0 atom stereocenters. The maximum Gasteiger partial charge on any atom is 0.185 e. The lowest BCUT2D eigenvalue weighted by molar-refractivity contribution is 1.11. The highest BCUT2D eigenvalue weighted by molar-refractivity contribution is 7.14. The molecule has 0 aliphatic heterocycles. The van der Waals surface area contributed by atoms with E-state index in [0.717, 1.165) is 27.4 Å². The molecule has 3 heterocycles. The Morgan fingerprint density at radius 3 is 2.94 bits per heavy atom. The third-order valence-electron chi connectivity index (χ3n) is 2.61. The molecule has 5 heteroatoms. The van der Waals surface area contributed by atoms with E-state index in [9.17, 15) is 0 Å². The molecule has 0 aliphatic carbocycles. The van der Waals surface area contributed by atoms with Crippen molar-refractivity contribution < 1.29 is 0 Å². The highest BCUT2D eigenvalue weighted by Crippen LogP contribution is 2.30. The van der Waals surface area contributed by atoms with Crippen molar-refractivity contribution in [2.45, 2.75) is 0 Å². The van der Waals surface area contributed by atoms with Gasteiger partial charge < -0.3 is 9.88 Å². The zero-order valence-electron chi connectivity index (χ0n) is 9.64. The minimum Gasteiger partial charge on any atom is -0.354 e. The lowest BCUT2D eigenvalue weighted by atomic mass is 10.1. The van der Waals surface area contributed by atoms with Gasteiger partial charge in [0.25, 0.3) is 0 Å². The normalized spacial score (nSPS) is 10.9. The van der Waals surface area contributed by atoms with E-state index in [1.807, 2.05) is 43.5 Å². The van der Waals surface area contributed by atoms with Crippen LogP contribution < -0.4 is 4.90 Å². The summed E-state index contributed by atoms with van der Waals surface area (Å²) in [7, 11) is 4.00. The van der Waals surface area contributed by atoms with Crippen LogP contribution >= 0.6 is 11.3 Å². The average molecular weight is 244 g/mol. The lowest BCUT2D eigenvalue weighted by Crippen LogP contribution is -2.07. The summed E-state index contributed by atoms with van der Waals surface area (Å²) in [6, 6.07) is 4.04. The molecule has 86 valence electrons. The average Bonchev–Trinajstić information content (AvgIpc) is 2.97. The highest BCUT2D eigenvalue weighted by Gasteiger charge is 2.09. The molecule has 0 saturated carbocycles. The maximum atomic E-state index is 4.61. The number of rotatable bonds is 2. The van der Waals surface area contributed by atoms with E-state index in [-0.39, 0.29) is 0 Å². The monoisotopic (exact) mass is 244 g/mol. The van der Waals surface area contributed by atoms with E-state index in [1.165, 1.54) is 0 Å². The Labute approximate surface area is 103 Å². The van der Waals surface area contributed by atoms with Crippen molar-refractivity contribution >= 4 is 27.5 Å². The first kappa shape index (κ1) is 10.3. The second-order valence-electron chi connectivity index (χ2n) is 4.01. The predicted octanol–water partition coefficient (Wildman–Crippen LogP) is 2.75. The van der Waals surface area contributed by atoms with Crippen LogP contribution in [-0.2, 0) is 0 Å². The Kier molecular flexibility index (Phi) is 2.33. The van der Waals surface area contributed by atoms with E-state index in [4.69, 9.17) is 0 Å². The van der Waals surface area contributed by atoms with E-state index in [1.54, 1.807) is 11.3 Å². The largest absolute Gasteiger partial charge is 0.354 e. The lowest BCUT2D eigenvalue weighted by Gasteiger charge is -2.05. The Morgan fingerprint density at radius 2 is 2.18 bits per heavy atom. The van der Waals surface area contributed by atoms with Gasteiger partial charge in [-0.3, -0.25) is 0 Å². The minimum absolute atomic E-state index is 0.905. The van der Waals surface area contributed by atoms with Crippen molar-refractivity contribution in [3.05, 3.63) is 29.9 Å². The zero-order chi connectivity index (χ0) is 11.8. The molecule has 0 amide bonds. The second kappa shape index (κ2) is 3.85. The van der Waals surface area contributed by atoms with Gasteiger partial charge in [0, 0.05) is 42.8 Å². The van der Waals surface area contributed by atoms with Crippen molar-refractivity contribution in [3.8, 4) is 11.3 Å². The van der Waals surface area contributed by atoms with Gasteiger partial charge in [-0.2, -0.15) is 0 Å². The van der Waals surface area contributed by atoms with Gasteiger partial charge in [0.05, 0.1) is 5.69 Å². The SMILES string of the molecule is CN(C)c1nc(-c2ccnc3[nH]ccc23)cs1. The molecule has 3 aromatic rings. The van der Waals surface area contributed by atoms with Crippen LogP contribution in [0.4, 0.5) is 5.13 Å². The predicted molar refractivity (Wildman–Crippen MR) is 71.5 cm³/mol. The van der Waals surface area contributed by atoms with Crippen molar-refractivity contribution in [1.82, 2.24) is 15.0 Å². The van der Waals surface area contributed by atoms with E-state index < -0.39 is 0 Å². The summed E-state index contributed by atoms with van der Waals surface area (Å²) in [5.41, 5.74) is 3.04. The number of aromatic nitrogens is 3. The molecule has 3 aromatic heterocycles. The maximum absolute atomic E-state index is 4.61. The van der Waals surface area contributed by atoms with Crippen LogP contribution in [-0.4, -0.2) is 29.0 Å². The van der Waals surface area contributed by atoms with Gasteiger partial charge in [-0.1, -0.05) is 0 Å². The molecule has 3 rings (SSSR count). The molecule has 4 nitrogen and oxygen atoms in total. The third kappa shape index (κ3) is 1.68. The Balaban J connectivity index is 2.16. The molecule has 1 N–H and O–H groups in total. The van der Waals surface area contributed by atoms with Crippen LogP contribution in [0.3, 0.4) is 0 Å². The second-order valence-corrected chi connectivity index (χ2v) is 4.84. The number of fused-ring (bicyclic) bond motifs is 1. The van der Waals surface area contributed by atoms with Crippen molar-refractivity contribution in [2.24, 2.45) is 0 Å². The molecule has 0 spiro atoms. The molecule has 0 aromatic carbocycles. The first-order chi connectivity index (χ1) is 8.25. The summed E-state index contributed by atoms with van der Waals surface area (Å²) in [6.45, 7) is 0. The summed E-state index contributed by atoms with van der Waals surface area (Å²) in [5.74, 6) is 0. The molecular weight excluding hydrogens is 232 g/mol. The topological polar surface area (TPSA) is 44.8 Å². The van der Waals surface area contributed by atoms with E-state index >= 15 is 0 Å². The summed E-state index contributed by atoms with van der Waals surface area (Å²) in [5, 5.41) is 4.21. The Hall–Kier alpha value is -1.88. The number of nitrogens with one attached hydrogen (secondary N) is 1. The van der Waals surface area contributed by atoms with Crippen molar-refractivity contribution in [2.75, 3.05) is 19.0 Å². The van der Waals surface area contributed by atoms with E-state index in [0.29, 0.717) is 0 Å². The molecule has 0 unspecified atom stereocenters. The van der Waals surface area contributed by atoms with Crippen LogP contribution in [0, 0.1) is 0 Å². The van der Waals surface area contributed by atoms with Crippen LogP contribution in [0.1, 0.15) is 0 Å². The summed E-state index contributed by atoms with van der Waals surface area (Å²) in [6.07, 6.45) is 3.71. The quantitative estimate of drug-likeness (QED) is 0.754. The minimum atomic E-state index is 0.905. The number of H-pyrrole nitrogens is 1. The van der Waals surface area contributed by atoms with E-state index in [2.05, 4.69) is 20.3 Å². The first-order valence-corrected chi connectivity index (χ1v) is 6.19.